The highest BCUT2D eigenvalue weighted by Gasteiger charge is 2.32. The molecular weight excluding hydrogens is 416 g/mol. The van der Waals surface area contributed by atoms with Crippen LogP contribution in [0.15, 0.2) is 18.3 Å². The SMILES string of the molecule is N#C[C@H](C[C@@H]1CCCNC1)NC(=O)[C@H](CC1CC1)NC(=O)c1cc2c(Cl)nccc2[nH]1. The molecule has 2 aromatic heterocycles. The summed E-state index contributed by atoms with van der Waals surface area (Å²) in [5.74, 6) is 0.129. The summed E-state index contributed by atoms with van der Waals surface area (Å²) in [6.07, 6.45) is 7.01. The third-order valence-electron chi connectivity index (χ3n) is 6.07. The summed E-state index contributed by atoms with van der Waals surface area (Å²) in [5, 5.41) is 19.6. The standard InChI is InChI=1S/C22H27ClN6O2/c23-20-16-10-19(28-17(16)5-7-26-20)22(31)29-18(9-13-3-4-13)21(30)27-15(11-24)8-14-2-1-6-25-12-14/h5,7,10,13-15,18,25,28H,1-4,6,8-9,12H2,(H,27,30)(H,29,31)/t14-,15-,18-/m0/s1. The molecule has 2 fully saturated rings. The van der Waals surface area contributed by atoms with E-state index >= 15 is 0 Å². The minimum absolute atomic E-state index is 0.300. The highest BCUT2D eigenvalue weighted by atomic mass is 35.5. The van der Waals surface area contributed by atoms with Crippen LogP contribution in [0.25, 0.3) is 10.9 Å². The third kappa shape index (κ3) is 5.54. The number of nitrogens with zero attached hydrogens (tertiary/aromatic N) is 2. The number of nitrogens with one attached hydrogen (secondary N) is 4. The van der Waals surface area contributed by atoms with Gasteiger partial charge in [0.05, 0.1) is 11.6 Å². The van der Waals surface area contributed by atoms with Gasteiger partial charge in [-0.1, -0.05) is 24.4 Å². The van der Waals surface area contributed by atoms with Crippen LogP contribution < -0.4 is 16.0 Å². The third-order valence-corrected chi connectivity index (χ3v) is 6.37. The molecule has 3 heterocycles. The zero-order valence-electron chi connectivity index (χ0n) is 17.3. The minimum atomic E-state index is -0.680. The van der Waals surface area contributed by atoms with E-state index in [4.69, 9.17) is 11.6 Å². The predicted octanol–water partition coefficient (Wildman–Crippen LogP) is 2.51. The Balaban J connectivity index is 1.41. The van der Waals surface area contributed by atoms with Crippen molar-refractivity contribution in [2.45, 2.75) is 50.6 Å². The number of fused-ring (bicyclic) bond motifs is 1. The maximum atomic E-state index is 13.0. The van der Waals surface area contributed by atoms with E-state index in [0.717, 1.165) is 38.8 Å². The molecule has 1 saturated carbocycles. The largest absolute Gasteiger partial charge is 0.350 e. The number of hydrogen-bond donors (Lipinski definition) is 4. The fourth-order valence-corrected chi connectivity index (χ4v) is 4.38. The Labute approximate surface area is 186 Å². The van der Waals surface area contributed by atoms with Crippen molar-refractivity contribution in [1.29, 1.82) is 5.26 Å². The number of H-pyrrole nitrogens is 1. The first-order valence-corrected chi connectivity index (χ1v) is 11.3. The van der Waals surface area contributed by atoms with Crippen LogP contribution in [0.4, 0.5) is 0 Å². The number of piperidine rings is 1. The van der Waals surface area contributed by atoms with E-state index in [1.165, 1.54) is 0 Å². The molecule has 3 atom stereocenters. The van der Waals surface area contributed by atoms with E-state index < -0.39 is 12.1 Å². The van der Waals surface area contributed by atoms with Gasteiger partial charge in [0.15, 0.2) is 0 Å². The van der Waals surface area contributed by atoms with Crippen molar-refractivity contribution in [3.8, 4) is 6.07 Å². The van der Waals surface area contributed by atoms with Crippen molar-refractivity contribution in [1.82, 2.24) is 25.9 Å². The van der Waals surface area contributed by atoms with Crippen molar-refractivity contribution >= 4 is 34.3 Å². The second-order valence-corrected chi connectivity index (χ2v) is 8.95. The summed E-state index contributed by atoms with van der Waals surface area (Å²) in [4.78, 5) is 32.9. The maximum Gasteiger partial charge on any atom is 0.268 e. The summed E-state index contributed by atoms with van der Waals surface area (Å²) in [6.45, 7) is 1.87. The number of pyridine rings is 1. The minimum Gasteiger partial charge on any atom is -0.350 e. The lowest BCUT2D eigenvalue weighted by atomic mass is 9.92. The highest BCUT2D eigenvalue weighted by molar-refractivity contribution is 6.34. The molecular formula is C22H27ClN6O2. The summed E-state index contributed by atoms with van der Waals surface area (Å²) in [6, 6.07) is 4.35. The molecule has 0 bridgehead atoms. The number of carbonyl (C=O) groups is 2. The van der Waals surface area contributed by atoms with Crippen molar-refractivity contribution in [2.75, 3.05) is 13.1 Å². The van der Waals surface area contributed by atoms with Crippen molar-refractivity contribution in [2.24, 2.45) is 11.8 Å². The van der Waals surface area contributed by atoms with E-state index in [2.05, 4.69) is 32.0 Å². The summed E-state index contributed by atoms with van der Waals surface area (Å²) < 4.78 is 0. The van der Waals surface area contributed by atoms with Crippen LogP contribution in [0.1, 0.15) is 49.0 Å². The van der Waals surface area contributed by atoms with Crippen LogP contribution in [0.2, 0.25) is 5.15 Å². The van der Waals surface area contributed by atoms with E-state index in [1.807, 2.05) is 0 Å². The van der Waals surface area contributed by atoms with Crippen molar-refractivity contribution in [3.63, 3.8) is 0 Å². The van der Waals surface area contributed by atoms with Gasteiger partial charge in [-0.3, -0.25) is 9.59 Å². The Hall–Kier alpha value is -2.63. The highest BCUT2D eigenvalue weighted by Crippen LogP contribution is 2.33. The van der Waals surface area contributed by atoms with Crippen LogP contribution in [0, 0.1) is 23.2 Å². The molecule has 4 rings (SSSR count). The van der Waals surface area contributed by atoms with Gasteiger partial charge in [-0.25, -0.2) is 4.98 Å². The molecule has 2 aliphatic rings. The lowest BCUT2D eigenvalue weighted by Gasteiger charge is -2.26. The van der Waals surface area contributed by atoms with Crippen LogP contribution in [-0.4, -0.2) is 47.0 Å². The Morgan fingerprint density at radius 3 is 2.77 bits per heavy atom. The molecule has 164 valence electrons. The summed E-state index contributed by atoms with van der Waals surface area (Å²) in [5.41, 5.74) is 1.03. The number of nitriles is 1. The van der Waals surface area contributed by atoms with E-state index in [1.54, 1.807) is 18.3 Å². The molecule has 8 nitrogen and oxygen atoms in total. The Bertz CT molecular complexity index is 990. The number of aromatic nitrogens is 2. The molecule has 31 heavy (non-hydrogen) atoms. The fraction of sp³-hybridized carbons (Fsp3) is 0.545. The number of carbonyl (C=O) groups excluding carboxylic acids is 2. The Kier molecular flexibility index (Phi) is 6.73. The number of halogens is 1. The van der Waals surface area contributed by atoms with Crippen molar-refractivity contribution < 1.29 is 9.59 Å². The second kappa shape index (κ2) is 9.67. The van der Waals surface area contributed by atoms with Crippen LogP contribution in [-0.2, 0) is 4.79 Å². The molecule has 1 aliphatic heterocycles. The van der Waals surface area contributed by atoms with Gasteiger partial charge >= 0.3 is 0 Å². The zero-order valence-corrected chi connectivity index (χ0v) is 18.0. The molecule has 1 saturated heterocycles. The quantitative estimate of drug-likeness (QED) is 0.468. The average molecular weight is 443 g/mol. The van der Waals surface area contributed by atoms with Gasteiger partial charge in [-0.2, -0.15) is 5.26 Å². The lowest BCUT2D eigenvalue weighted by Crippen LogP contribution is -2.50. The normalized spacial score (nSPS) is 20.6. The van der Waals surface area contributed by atoms with Gasteiger partial charge in [-0.15, -0.1) is 0 Å². The molecule has 1 aliphatic carbocycles. The number of rotatable bonds is 8. The van der Waals surface area contributed by atoms with Gasteiger partial charge < -0.3 is 20.9 Å². The molecule has 0 radical (unpaired) electrons. The predicted molar refractivity (Wildman–Crippen MR) is 117 cm³/mol. The number of aromatic amines is 1. The Morgan fingerprint density at radius 2 is 2.10 bits per heavy atom. The molecule has 9 heteroatoms. The summed E-state index contributed by atoms with van der Waals surface area (Å²) in [7, 11) is 0. The van der Waals surface area contributed by atoms with Crippen LogP contribution in [0.5, 0.6) is 0 Å². The molecule has 2 amide bonds. The first-order chi connectivity index (χ1) is 15.0. The van der Waals surface area contributed by atoms with E-state index in [9.17, 15) is 14.9 Å². The number of hydrogen-bond acceptors (Lipinski definition) is 5. The first-order valence-electron chi connectivity index (χ1n) is 10.9. The monoisotopic (exact) mass is 442 g/mol. The fourth-order valence-electron chi connectivity index (χ4n) is 4.17. The van der Waals surface area contributed by atoms with E-state index in [0.29, 0.717) is 46.4 Å². The molecule has 0 aromatic carbocycles. The molecule has 2 aromatic rings. The number of amides is 2. The molecule has 0 spiro atoms. The topological polar surface area (TPSA) is 123 Å². The van der Waals surface area contributed by atoms with E-state index in [-0.39, 0.29) is 11.8 Å². The van der Waals surface area contributed by atoms with Gasteiger partial charge in [0, 0.05) is 11.6 Å². The zero-order chi connectivity index (χ0) is 21.8. The smallest absolute Gasteiger partial charge is 0.268 e. The van der Waals surface area contributed by atoms with Gasteiger partial charge in [0.2, 0.25) is 5.91 Å². The second-order valence-electron chi connectivity index (χ2n) is 8.59. The van der Waals surface area contributed by atoms with Gasteiger partial charge in [0.1, 0.15) is 22.9 Å². The molecule has 4 N–H and O–H groups in total. The van der Waals surface area contributed by atoms with Gasteiger partial charge in [-0.05, 0) is 62.7 Å². The van der Waals surface area contributed by atoms with Gasteiger partial charge in [0.25, 0.3) is 5.91 Å². The van der Waals surface area contributed by atoms with Crippen LogP contribution >= 0.6 is 11.6 Å². The maximum absolute atomic E-state index is 13.0. The average Bonchev–Trinajstić information content (AvgIpc) is 3.48. The Morgan fingerprint density at radius 1 is 1.26 bits per heavy atom. The van der Waals surface area contributed by atoms with Crippen molar-refractivity contribution in [3.05, 3.63) is 29.2 Å². The molecule has 0 unspecified atom stereocenters. The first kappa shape index (κ1) is 21.6. The summed E-state index contributed by atoms with van der Waals surface area (Å²) >= 11 is 6.10. The van der Waals surface area contributed by atoms with Crippen LogP contribution in [0.3, 0.4) is 0 Å². The lowest BCUT2D eigenvalue weighted by molar-refractivity contribution is -0.123.